The molecule has 0 bridgehead atoms. The zero-order valence-electron chi connectivity index (χ0n) is 8.70. The van der Waals surface area contributed by atoms with E-state index in [0.29, 0.717) is 17.1 Å². The van der Waals surface area contributed by atoms with Gasteiger partial charge in [-0.05, 0) is 47.3 Å². The minimum absolute atomic E-state index is 0.397. The molecule has 74 valence electrons. The number of hydrogen-bond donors (Lipinski definition) is 1. The highest BCUT2D eigenvalue weighted by molar-refractivity contribution is 5.35. The van der Waals surface area contributed by atoms with Gasteiger partial charge < -0.3 is 5.11 Å². The molecule has 0 amide bonds. The number of fused-ring (bicyclic) bond motifs is 1. The fraction of sp³-hybridized carbons (Fsp3) is 0.538. The molecular formula is C13H16O. The van der Waals surface area contributed by atoms with Crippen LogP contribution in [-0.4, -0.2) is 5.11 Å². The van der Waals surface area contributed by atoms with Crippen LogP contribution in [0.5, 0.6) is 5.75 Å². The monoisotopic (exact) mass is 188 g/mol. The van der Waals surface area contributed by atoms with Gasteiger partial charge in [0.05, 0.1) is 0 Å². The first-order valence-corrected chi connectivity index (χ1v) is 5.42. The molecule has 0 radical (unpaired) electrons. The van der Waals surface area contributed by atoms with Gasteiger partial charge in [-0.3, -0.25) is 0 Å². The summed E-state index contributed by atoms with van der Waals surface area (Å²) in [7, 11) is 0. The predicted molar refractivity (Wildman–Crippen MR) is 56.2 cm³/mol. The van der Waals surface area contributed by atoms with Crippen molar-refractivity contribution < 1.29 is 5.11 Å². The van der Waals surface area contributed by atoms with Gasteiger partial charge in [-0.1, -0.05) is 26.0 Å². The van der Waals surface area contributed by atoms with Crippen LogP contribution in [0.2, 0.25) is 0 Å². The van der Waals surface area contributed by atoms with Gasteiger partial charge in [-0.2, -0.15) is 0 Å². The second-order valence-electron chi connectivity index (χ2n) is 5.23. The number of rotatable bonds is 2. The van der Waals surface area contributed by atoms with E-state index in [4.69, 9.17) is 0 Å². The van der Waals surface area contributed by atoms with Crippen molar-refractivity contribution in [2.45, 2.75) is 26.2 Å². The lowest BCUT2D eigenvalue weighted by molar-refractivity contribution is 0.444. The van der Waals surface area contributed by atoms with Crippen LogP contribution in [-0.2, 0) is 0 Å². The fourth-order valence-electron chi connectivity index (χ4n) is 3.15. The molecule has 2 aliphatic carbocycles. The average Bonchev–Trinajstić information content (AvgIpc) is 2.93. The summed E-state index contributed by atoms with van der Waals surface area (Å²) < 4.78 is 0. The first-order valence-electron chi connectivity index (χ1n) is 5.42. The molecule has 1 nitrogen and oxygen atoms in total. The quantitative estimate of drug-likeness (QED) is 0.756. The number of phenols is 1. The Morgan fingerprint density at radius 1 is 1.50 bits per heavy atom. The maximum atomic E-state index is 9.41. The van der Waals surface area contributed by atoms with E-state index in [1.54, 1.807) is 6.07 Å². The third-order valence-electron chi connectivity index (χ3n) is 4.37. The predicted octanol–water partition coefficient (Wildman–Crippen LogP) is 3.15. The van der Waals surface area contributed by atoms with E-state index in [1.807, 2.05) is 12.1 Å². The number of hydrogen-bond acceptors (Lipinski definition) is 1. The third-order valence-corrected chi connectivity index (χ3v) is 4.37. The smallest absolute Gasteiger partial charge is 0.115 e. The van der Waals surface area contributed by atoms with Crippen LogP contribution in [0.15, 0.2) is 24.3 Å². The number of phenolic OH excluding ortho intramolecular Hbond substituents is 1. The highest BCUT2D eigenvalue weighted by Gasteiger charge is 2.76. The molecule has 2 aliphatic rings. The SMILES string of the molecule is CC(c1cccc(O)c1)[C@H]1C2C[C@]21C. The van der Waals surface area contributed by atoms with Gasteiger partial charge in [0, 0.05) is 0 Å². The molecule has 2 saturated carbocycles. The molecule has 1 aromatic carbocycles. The van der Waals surface area contributed by atoms with E-state index in [9.17, 15) is 5.11 Å². The van der Waals surface area contributed by atoms with Gasteiger partial charge in [-0.25, -0.2) is 0 Å². The van der Waals surface area contributed by atoms with E-state index in [2.05, 4.69) is 19.9 Å². The summed E-state index contributed by atoms with van der Waals surface area (Å²) in [6.07, 6.45) is 1.43. The lowest BCUT2D eigenvalue weighted by Gasteiger charge is -2.17. The van der Waals surface area contributed by atoms with Crippen molar-refractivity contribution in [1.82, 2.24) is 0 Å². The van der Waals surface area contributed by atoms with E-state index < -0.39 is 0 Å². The van der Waals surface area contributed by atoms with Crippen molar-refractivity contribution in [3.05, 3.63) is 29.8 Å². The maximum absolute atomic E-state index is 9.41. The van der Waals surface area contributed by atoms with Crippen molar-refractivity contribution in [1.29, 1.82) is 0 Å². The molecule has 4 atom stereocenters. The number of benzene rings is 1. The first kappa shape index (κ1) is 8.34. The molecular weight excluding hydrogens is 172 g/mol. The molecule has 0 spiro atoms. The van der Waals surface area contributed by atoms with Crippen molar-refractivity contribution in [3.8, 4) is 5.75 Å². The summed E-state index contributed by atoms with van der Waals surface area (Å²) in [5, 5.41) is 9.41. The Balaban J connectivity index is 1.82. The Morgan fingerprint density at radius 3 is 2.71 bits per heavy atom. The minimum atomic E-state index is 0.397. The third kappa shape index (κ3) is 0.956. The fourth-order valence-corrected chi connectivity index (χ4v) is 3.15. The minimum Gasteiger partial charge on any atom is -0.508 e. The van der Waals surface area contributed by atoms with Crippen molar-refractivity contribution in [3.63, 3.8) is 0 Å². The normalized spacial score (nSPS) is 40.1. The molecule has 2 fully saturated rings. The summed E-state index contributed by atoms with van der Waals surface area (Å²) in [6.45, 7) is 4.68. The molecule has 0 saturated heterocycles. The Labute approximate surface area is 84.8 Å². The van der Waals surface area contributed by atoms with Crippen molar-refractivity contribution in [2.24, 2.45) is 17.3 Å². The van der Waals surface area contributed by atoms with Gasteiger partial charge in [0.25, 0.3) is 0 Å². The van der Waals surface area contributed by atoms with E-state index in [0.717, 1.165) is 11.8 Å². The highest BCUT2D eigenvalue weighted by atomic mass is 16.3. The maximum Gasteiger partial charge on any atom is 0.115 e. The van der Waals surface area contributed by atoms with Crippen LogP contribution < -0.4 is 0 Å². The largest absolute Gasteiger partial charge is 0.508 e. The van der Waals surface area contributed by atoms with Gasteiger partial charge in [0.1, 0.15) is 5.75 Å². The molecule has 0 heterocycles. The van der Waals surface area contributed by atoms with E-state index >= 15 is 0 Å². The molecule has 1 N–H and O–H groups in total. The first-order chi connectivity index (χ1) is 6.63. The molecule has 1 heteroatoms. The number of aromatic hydroxyl groups is 1. The summed E-state index contributed by atoms with van der Waals surface area (Å²) in [4.78, 5) is 0. The Kier molecular flexibility index (Phi) is 1.39. The van der Waals surface area contributed by atoms with Crippen LogP contribution in [0.1, 0.15) is 31.7 Å². The molecule has 0 aromatic heterocycles. The lowest BCUT2D eigenvalue weighted by atomic mass is 9.88. The molecule has 3 rings (SSSR count). The summed E-state index contributed by atoms with van der Waals surface area (Å²) in [5.74, 6) is 2.88. The highest BCUT2D eigenvalue weighted by Crippen LogP contribution is 2.82. The Bertz CT molecular complexity index is 385. The summed E-state index contributed by atoms with van der Waals surface area (Å²) in [5.41, 5.74) is 1.97. The topological polar surface area (TPSA) is 20.2 Å². The summed E-state index contributed by atoms with van der Waals surface area (Å²) in [6, 6.07) is 7.72. The molecule has 1 aromatic rings. The van der Waals surface area contributed by atoms with Crippen LogP contribution in [0.3, 0.4) is 0 Å². The lowest BCUT2D eigenvalue weighted by Crippen LogP contribution is -2.05. The molecule has 2 unspecified atom stereocenters. The molecule has 14 heavy (non-hydrogen) atoms. The van der Waals surface area contributed by atoms with Gasteiger partial charge in [-0.15, -0.1) is 0 Å². The van der Waals surface area contributed by atoms with Gasteiger partial charge in [0.15, 0.2) is 0 Å². The van der Waals surface area contributed by atoms with Crippen LogP contribution in [0, 0.1) is 17.3 Å². The summed E-state index contributed by atoms with van der Waals surface area (Å²) >= 11 is 0. The van der Waals surface area contributed by atoms with Crippen molar-refractivity contribution in [2.75, 3.05) is 0 Å². The van der Waals surface area contributed by atoms with Crippen molar-refractivity contribution >= 4 is 0 Å². The van der Waals surface area contributed by atoms with Gasteiger partial charge >= 0.3 is 0 Å². The zero-order chi connectivity index (χ0) is 9.92. The van der Waals surface area contributed by atoms with E-state index in [1.165, 1.54) is 12.0 Å². The second kappa shape index (κ2) is 2.33. The standard InChI is InChI=1S/C13H16O/c1-8(12-11-7-13(11,12)2)9-4-3-5-10(14)6-9/h3-6,8,11-12,14H,7H2,1-2H3/t8?,11?,12-,13+/m0/s1. The molecule has 0 aliphatic heterocycles. The second-order valence-corrected chi connectivity index (χ2v) is 5.23. The van der Waals surface area contributed by atoms with Crippen LogP contribution in [0.4, 0.5) is 0 Å². The Hall–Kier alpha value is -0.980. The Morgan fingerprint density at radius 2 is 2.21 bits per heavy atom. The average molecular weight is 188 g/mol. The van der Waals surface area contributed by atoms with Crippen LogP contribution in [0.25, 0.3) is 0 Å². The van der Waals surface area contributed by atoms with E-state index in [-0.39, 0.29) is 0 Å². The van der Waals surface area contributed by atoms with Crippen LogP contribution >= 0.6 is 0 Å². The zero-order valence-corrected chi connectivity index (χ0v) is 8.70. The van der Waals surface area contributed by atoms with Gasteiger partial charge in [0.2, 0.25) is 0 Å².